The first-order valence-electron chi connectivity index (χ1n) is 5.67. The van der Waals surface area contributed by atoms with Crippen LogP contribution in [-0.2, 0) is 33.8 Å². The second kappa shape index (κ2) is 5.52. The van der Waals surface area contributed by atoms with Crippen LogP contribution in [0.2, 0.25) is 0 Å². The molecule has 1 aliphatic rings. The first-order chi connectivity index (χ1) is 9.90. The third kappa shape index (κ3) is 2.72. The second-order valence-corrected chi connectivity index (χ2v) is 5.48. The fourth-order valence-corrected chi connectivity index (χ4v) is 2.82. The summed E-state index contributed by atoms with van der Waals surface area (Å²) < 4.78 is 41.0. The molecule has 8 nitrogen and oxygen atoms in total. The van der Waals surface area contributed by atoms with Gasteiger partial charge in [-0.2, -0.15) is 8.42 Å². The molecule has 1 aliphatic heterocycles. The van der Waals surface area contributed by atoms with E-state index in [9.17, 15) is 18.0 Å². The summed E-state index contributed by atoms with van der Waals surface area (Å²) in [5.41, 5.74) is 0.162. The number of carbonyl (C=O) groups excluding carboxylic acids is 2. The average molecular weight is 313 g/mol. The number of hydrogen-bond donors (Lipinski definition) is 0. The number of sulfonamides is 1. The lowest BCUT2D eigenvalue weighted by molar-refractivity contribution is -0.164. The largest absolute Gasteiger partial charge is 0.466 e. The summed E-state index contributed by atoms with van der Waals surface area (Å²) in [6, 6.07) is 5.89. The van der Waals surface area contributed by atoms with Crippen molar-refractivity contribution in [1.29, 1.82) is 0 Å². The average Bonchev–Trinajstić information content (AvgIpc) is 2.75. The van der Waals surface area contributed by atoms with Gasteiger partial charge in [0.2, 0.25) is 5.90 Å². The van der Waals surface area contributed by atoms with Crippen LogP contribution in [0.5, 0.6) is 0 Å². The standard InChI is InChI=1S/C12H11NO7S/c1-18-11(14)9(12(15)19-2)20-10-7-5-3-4-6-8(7)21(16,17)13-10/h3-6,9H,1-2H3. The lowest BCUT2D eigenvalue weighted by atomic mass is 10.2. The molecule has 0 bridgehead atoms. The quantitative estimate of drug-likeness (QED) is 0.564. The van der Waals surface area contributed by atoms with E-state index in [2.05, 4.69) is 13.9 Å². The molecular weight excluding hydrogens is 302 g/mol. The molecule has 21 heavy (non-hydrogen) atoms. The molecule has 1 aromatic rings. The van der Waals surface area contributed by atoms with Gasteiger partial charge in [-0.15, -0.1) is 4.40 Å². The Bertz CT molecular complexity index is 707. The monoisotopic (exact) mass is 313 g/mol. The number of esters is 2. The Labute approximate surface area is 120 Å². The highest BCUT2D eigenvalue weighted by Gasteiger charge is 2.37. The number of nitrogens with zero attached hydrogens (tertiary/aromatic N) is 1. The van der Waals surface area contributed by atoms with Crippen LogP contribution in [0.15, 0.2) is 33.6 Å². The second-order valence-electron chi connectivity index (χ2n) is 3.91. The van der Waals surface area contributed by atoms with Crippen LogP contribution in [0, 0.1) is 0 Å². The molecule has 0 fully saturated rings. The lowest BCUT2D eigenvalue weighted by Crippen LogP contribution is -2.36. The van der Waals surface area contributed by atoms with Crippen molar-refractivity contribution in [2.45, 2.75) is 11.0 Å². The Hall–Kier alpha value is -2.42. The van der Waals surface area contributed by atoms with E-state index in [1.807, 2.05) is 0 Å². The van der Waals surface area contributed by atoms with Crippen LogP contribution in [0.3, 0.4) is 0 Å². The van der Waals surface area contributed by atoms with Gasteiger partial charge >= 0.3 is 11.9 Å². The van der Waals surface area contributed by atoms with Crippen molar-refractivity contribution >= 4 is 27.9 Å². The Morgan fingerprint density at radius 1 is 1.10 bits per heavy atom. The molecular formula is C12H11NO7S. The number of fused-ring (bicyclic) bond motifs is 1. The Morgan fingerprint density at radius 3 is 2.24 bits per heavy atom. The maximum atomic E-state index is 11.8. The van der Waals surface area contributed by atoms with Crippen LogP contribution in [0.25, 0.3) is 0 Å². The summed E-state index contributed by atoms with van der Waals surface area (Å²) in [5, 5.41) is 0. The zero-order chi connectivity index (χ0) is 15.6. The van der Waals surface area contributed by atoms with E-state index in [1.165, 1.54) is 18.2 Å². The fraction of sp³-hybridized carbons (Fsp3) is 0.250. The molecule has 0 N–H and O–H groups in total. The summed E-state index contributed by atoms with van der Waals surface area (Å²) in [5.74, 6) is -2.40. The maximum absolute atomic E-state index is 11.8. The third-order valence-corrected chi connectivity index (χ3v) is 3.98. The summed E-state index contributed by atoms with van der Waals surface area (Å²) in [6.07, 6.45) is -1.75. The number of carbonyl (C=O) groups is 2. The zero-order valence-electron chi connectivity index (χ0n) is 11.1. The van der Waals surface area contributed by atoms with Gasteiger partial charge in [0.15, 0.2) is 0 Å². The van der Waals surface area contributed by atoms with Crippen molar-refractivity contribution in [3.8, 4) is 0 Å². The van der Waals surface area contributed by atoms with Crippen molar-refractivity contribution in [2.75, 3.05) is 14.2 Å². The van der Waals surface area contributed by atoms with Gasteiger partial charge in [0.1, 0.15) is 4.90 Å². The number of benzene rings is 1. The van der Waals surface area contributed by atoms with Crippen molar-refractivity contribution < 1.29 is 32.2 Å². The first kappa shape index (κ1) is 15.0. The first-order valence-corrected chi connectivity index (χ1v) is 7.11. The smallest absolute Gasteiger partial charge is 0.359 e. The molecule has 9 heteroatoms. The highest BCUT2D eigenvalue weighted by molar-refractivity contribution is 7.90. The Kier molecular flexibility index (Phi) is 3.94. The molecule has 0 aliphatic carbocycles. The van der Waals surface area contributed by atoms with E-state index in [4.69, 9.17) is 4.74 Å². The number of ether oxygens (including phenoxy) is 3. The van der Waals surface area contributed by atoms with Gasteiger partial charge < -0.3 is 14.2 Å². The number of methoxy groups -OCH3 is 2. The van der Waals surface area contributed by atoms with E-state index in [-0.39, 0.29) is 16.4 Å². The minimum Gasteiger partial charge on any atom is -0.466 e. The Balaban J connectivity index is 2.39. The van der Waals surface area contributed by atoms with E-state index < -0.39 is 28.1 Å². The molecule has 0 spiro atoms. The summed E-state index contributed by atoms with van der Waals surface area (Å²) in [7, 11) is -1.79. The van der Waals surface area contributed by atoms with Crippen LogP contribution in [0.4, 0.5) is 0 Å². The van der Waals surface area contributed by atoms with Gasteiger partial charge in [0.25, 0.3) is 16.1 Å². The maximum Gasteiger partial charge on any atom is 0.359 e. The van der Waals surface area contributed by atoms with E-state index in [1.54, 1.807) is 6.07 Å². The molecule has 112 valence electrons. The van der Waals surface area contributed by atoms with Crippen LogP contribution >= 0.6 is 0 Å². The van der Waals surface area contributed by atoms with E-state index in [0.717, 1.165) is 14.2 Å². The van der Waals surface area contributed by atoms with Crippen molar-refractivity contribution in [3.05, 3.63) is 29.8 Å². The molecule has 0 aromatic heterocycles. The van der Waals surface area contributed by atoms with E-state index >= 15 is 0 Å². The molecule has 0 atom stereocenters. The topological polar surface area (TPSA) is 108 Å². The minimum atomic E-state index is -3.91. The lowest BCUT2D eigenvalue weighted by Gasteiger charge is -2.14. The van der Waals surface area contributed by atoms with Crippen LogP contribution in [-0.4, -0.2) is 46.6 Å². The SMILES string of the molecule is COC(=O)C(OC1=NS(=O)(=O)c2ccccc21)C(=O)OC. The summed E-state index contributed by atoms with van der Waals surface area (Å²) in [6.45, 7) is 0. The summed E-state index contributed by atoms with van der Waals surface area (Å²) in [4.78, 5) is 23.0. The van der Waals surface area contributed by atoms with Crippen LogP contribution in [0.1, 0.15) is 5.56 Å². The van der Waals surface area contributed by atoms with Crippen molar-refractivity contribution in [2.24, 2.45) is 4.40 Å². The van der Waals surface area contributed by atoms with Gasteiger partial charge in [-0.1, -0.05) is 12.1 Å². The normalized spacial score (nSPS) is 15.1. The van der Waals surface area contributed by atoms with Crippen molar-refractivity contribution in [3.63, 3.8) is 0 Å². The summed E-state index contributed by atoms with van der Waals surface area (Å²) >= 11 is 0. The highest BCUT2D eigenvalue weighted by Crippen LogP contribution is 2.27. The zero-order valence-corrected chi connectivity index (χ0v) is 11.9. The predicted octanol–water partition coefficient (Wildman–Crippen LogP) is -0.133. The third-order valence-electron chi connectivity index (χ3n) is 2.66. The fourth-order valence-electron chi connectivity index (χ4n) is 1.68. The van der Waals surface area contributed by atoms with Gasteiger partial charge in [0, 0.05) is 0 Å². The molecule has 2 rings (SSSR count). The molecule has 0 saturated carbocycles. The molecule has 1 heterocycles. The number of hydrogen-bond acceptors (Lipinski definition) is 7. The minimum absolute atomic E-state index is 0.0616. The highest BCUT2D eigenvalue weighted by atomic mass is 32.2. The van der Waals surface area contributed by atoms with E-state index in [0.29, 0.717) is 0 Å². The number of rotatable bonds is 3. The van der Waals surface area contributed by atoms with Gasteiger partial charge in [-0.3, -0.25) is 0 Å². The molecule has 0 amide bonds. The Morgan fingerprint density at radius 2 is 1.67 bits per heavy atom. The molecule has 0 saturated heterocycles. The predicted molar refractivity (Wildman–Crippen MR) is 69.1 cm³/mol. The van der Waals surface area contributed by atoms with Gasteiger partial charge in [-0.25, -0.2) is 9.59 Å². The molecule has 0 radical (unpaired) electrons. The molecule has 0 unspecified atom stereocenters. The molecule has 1 aromatic carbocycles. The van der Waals surface area contributed by atoms with Crippen LogP contribution < -0.4 is 0 Å². The van der Waals surface area contributed by atoms with Gasteiger partial charge in [0.05, 0.1) is 19.8 Å². The van der Waals surface area contributed by atoms with Gasteiger partial charge in [-0.05, 0) is 12.1 Å². The van der Waals surface area contributed by atoms with Crippen molar-refractivity contribution in [1.82, 2.24) is 0 Å².